The lowest BCUT2D eigenvalue weighted by Gasteiger charge is -2.13. The Balaban J connectivity index is 3.20. The van der Waals surface area contributed by atoms with E-state index in [0.717, 1.165) is 12.1 Å². The van der Waals surface area contributed by atoms with Crippen LogP contribution in [-0.4, -0.2) is 30.3 Å². The average Bonchev–Trinajstić information content (AvgIpc) is 2.16. The molecule has 0 saturated heterocycles. The fourth-order valence-corrected chi connectivity index (χ4v) is 1.02. The van der Waals surface area contributed by atoms with Crippen molar-refractivity contribution in [2.45, 2.75) is 19.8 Å². The molecule has 0 atom stereocenters. The molecule has 1 rings (SSSR count). The van der Waals surface area contributed by atoms with Gasteiger partial charge in [-0.05, 0) is 0 Å². The van der Waals surface area contributed by atoms with E-state index in [4.69, 9.17) is 0 Å². The molecule has 0 radical (unpaired) electrons. The molecule has 14 heavy (non-hydrogen) atoms. The van der Waals surface area contributed by atoms with Crippen LogP contribution in [0.5, 0.6) is 0 Å². The van der Waals surface area contributed by atoms with E-state index in [2.05, 4.69) is 9.97 Å². The number of hydrogen-bond acceptors (Lipinski definition) is 4. The van der Waals surface area contributed by atoms with Crippen LogP contribution in [0.4, 0.5) is 5.82 Å². The molecule has 0 aromatic carbocycles. The highest BCUT2D eigenvalue weighted by atomic mass is 16.1. The molecular weight excluding hydrogens is 178 g/mol. The summed E-state index contributed by atoms with van der Waals surface area (Å²) in [4.78, 5) is 21.0. The third-order valence-electron chi connectivity index (χ3n) is 1.85. The lowest BCUT2D eigenvalue weighted by atomic mass is 10.2. The summed E-state index contributed by atoms with van der Waals surface area (Å²) in [6, 6.07) is 1.68. The smallest absolute Gasteiger partial charge is 0.168 e. The van der Waals surface area contributed by atoms with Gasteiger partial charge in [0.05, 0.1) is 0 Å². The molecule has 1 aromatic rings. The second-order valence-electron chi connectivity index (χ2n) is 3.68. The van der Waals surface area contributed by atoms with Crippen molar-refractivity contribution < 1.29 is 4.79 Å². The summed E-state index contributed by atoms with van der Waals surface area (Å²) < 4.78 is 0. The van der Waals surface area contributed by atoms with Crippen LogP contribution in [0.1, 0.15) is 36.1 Å². The highest BCUT2D eigenvalue weighted by molar-refractivity contribution is 5.73. The van der Waals surface area contributed by atoms with Gasteiger partial charge >= 0.3 is 0 Å². The summed E-state index contributed by atoms with van der Waals surface area (Å²) in [6.07, 6.45) is 0.751. The quantitative estimate of drug-likeness (QED) is 0.682. The summed E-state index contributed by atoms with van der Waals surface area (Å²) >= 11 is 0. The van der Waals surface area contributed by atoms with Gasteiger partial charge in [-0.3, -0.25) is 4.79 Å². The van der Waals surface area contributed by atoms with Gasteiger partial charge < -0.3 is 4.90 Å². The number of carbonyl (C=O) groups is 1. The zero-order valence-electron chi connectivity index (χ0n) is 8.98. The zero-order chi connectivity index (χ0) is 10.7. The maximum Gasteiger partial charge on any atom is 0.168 e. The first kappa shape index (κ1) is 10.6. The predicted octanol–water partition coefficient (Wildman–Crippen LogP) is 1.48. The molecule has 1 aromatic heterocycles. The van der Waals surface area contributed by atoms with Crippen LogP contribution in [-0.2, 0) is 0 Å². The van der Waals surface area contributed by atoms with E-state index in [0.29, 0.717) is 11.5 Å². The van der Waals surface area contributed by atoms with Gasteiger partial charge in [0.25, 0.3) is 0 Å². The highest BCUT2D eigenvalue weighted by Gasteiger charge is 2.08. The minimum Gasteiger partial charge on any atom is -0.363 e. The Bertz CT molecular complexity index is 308. The average molecular weight is 193 g/mol. The van der Waals surface area contributed by atoms with Crippen molar-refractivity contribution >= 4 is 12.1 Å². The van der Waals surface area contributed by atoms with Crippen LogP contribution in [0, 0.1) is 0 Å². The van der Waals surface area contributed by atoms with Crippen molar-refractivity contribution in [3.05, 3.63) is 17.6 Å². The van der Waals surface area contributed by atoms with Crippen LogP contribution < -0.4 is 4.90 Å². The van der Waals surface area contributed by atoms with Crippen LogP contribution in [0.25, 0.3) is 0 Å². The van der Waals surface area contributed by atoms with Crippen LogP contribution in [0.2, 0.25) is 0 Å². The fraction of sp³-hybridized carbons (Fsp3) is 0.500. The minimum atomic E-state index is 0.230. The van der Waals surface area contributed by atoms with Gasteiger partial charge in [0, 0.05) is 26.1 Å². The van der Waals surface area contributed by atoms with Gasteiger partial charge in [0.1, 0.15) is 17.3 Å². The number of anilines is 1. The van der Waals surface area contributed by atoms with Crippen molar-refractivity contribution in [1.82, 2.24) is 9.97 Å². The Labute approximate surface area is 84.0 Å². The van der Waals surface area contributed by atoms with E-state index < -0.39 is 0 Å². The second kappa shape index (κ2) is 4.17. The molecule has 4 heteroatoms. The molecular formula is C10H15N3O. The molecule has 4 nitrogen and oxygen atoms in total. The molecule has 0 saturated carbocycles. The molecule has 0 aliphatic heterocycles. The Kier molecular flexibility index (Phi) is 3.17. The van der Waals surface area contributed by atoms with Crippen LogP contribution in [0.15, 0.2) is 6.07 Å². The van der Waals surface area contributed by atoms with Gasteiger partial charge in [-0.2, -0.15) is 0 Å². The van der Waals surface area contributed by atoms with Gasteiger partial charge in [-0.1, -0.05) is 13.8 Å². The van der Waals surface area contributed by atoms with Crippen molar-refractivity contribution in [3.63, 3.8) is 0 Å². The first-order valence-corrected chi connectivity index (χ1v) is 4.56. The van der Waals surface area contributed by atoms with Gasteiger partial charge in [0.2, 0.25) is 0 Å². The largest absolute Gasteiger partial charge is 0.363 e. The lowest BCUT2D eigenvalue weighted by molar-refractivity contribution is 0.111. The monoisotopic (exact) mass is 193 g/mol. The Morgan fingerprint density at radius 3 is 2.43 bits per heavy atom. The maximum atomic E-state index is 10.6. The van der Waals surface area contributed by atoms with Gasteiger partial charge in [0.15, 0.2) is 6.29 Å². The standard InChI is InChI=1S/C10H15N3O/c1-7(2)10-11-8(6-14)5-9(12-10)13(3)4/h5-7H,1-4H3. The SMILES string of the molecule is CC(C)c1nc(C=O)cc(N(C)C)n1. The number of nitrogens with zero attached hydrogens (tertiary/aromatic N) is 3. The van der Waals surface area contributed by atoms with E-state index >= 15 is 0 Å². The first-order chi connectivity index (χ1) is 6.54. The van der Waals surface area contributed by atoms with Crippen molar-refractivity contribution in [2.75, 3.05) is 19.0 Å². The molecule has 0 spiro atoms. The maximum absolute atomic E-state index is 10.6. The first-order valence-electron chi connectivity index (χ1n) is 4.56. The number of aldehydes is 1. The van der Waals surface area contributed by atoms with E-state index in [1.807, 2.05) is 32.8 Å². The molecule has 0 N–H and O–H groups in total. The van der Waals surface area contributed by atoms with Crippen molar-refractivity contribution in [3.8, 4) is 0 Å². The molecule has 0 amide bonds. The molecule has 0 fully saturated rings. The molecule has 0 aliphatic carbocycles. The minimum absolute atomic E-state index is 0.230. The van der Waals surface area contributed by atoms with Gasteiger partial charge in [-0.15, -0.1) is 0 Å². The number of carbonyl (C=O) groups excluding carboxylic acids is 1. The van der Waals surface area contributed by atoms with Crippen LogP contribution >= 0.6 is 0 Å². The van der Waals surface area contributed by atoms with E-state index in [1.165, 1.54) is 0 Å². The number of aromatic nitrogens is 2. The lowest BCUT2D eigenvalue weighted by Crippen LogP contribution is -2.14. The summed E-state index contributed by atoms with van der Waals surface area (Å²) in [7, 11) is 3.78. The summed E-state index contributed by atoms with van der Waals surface area (Å²) in [5.74, 6) is 1.71. The number of rotatable bonds is 3. The topological polar surface area (TPSA) is 46.1 Å². The third-order valence-corrected chi connectivity index (χ3v) is 1.85. The summed E-state index contributed by atoms with van der Waals surface area (Å²) in [5.41, 5.74) is 0.437. The molecule has 1 heterocycles. The highest BCUT2D eigenvalue weighted by Crippen LogP contribution is 2.14. The van der Waals surface area contributed by atoms with Crippen molar-refractivity contribution in [2.24, 2.45) is 0 Å². The Morgan fingerprint density at radius 1 is 1.36 bits per heavy atom. The number of hydrogen-bond donors (Lipinski definition) is 0. The van der Waals surface area contributed by atoms with Crippen molar-refractivity contribution in [1.29, 1.82) is 0 Å². The fourth-order valence-electron chi connectivity index (χ4n) is 1.02. The molecule has 76 valence electrons. The summed E-state index contributed by atoms with van der Waals surface area (Å²) in [6.45, 7) is 4.01. The zero-order valence-corrected chi connectivity index (χ0v) is 8.98. The predicted molar refractivity (Wildman–Crippen MR) is 55.8 cm³/mol. The molecule has 0 bridgehead atoms. The Hall–Kier alpha value is -1.45. The molecule has 0 aliphatic rings. The third kappa shape index (κ3) is 2.28. The summed E-state index contributed by atoms with van der Waals surface area (Å²) in [5, 5.41) is 0. The normalized spacial score (nSPS) is 10.4. The van der Waals surface area contributed by atoms with Gasteiger partial charge in [-0.25, -0.2) is 9.97 Å². The van der Waals surface area contributed by atoms with E-state index in [-0.39, 0.29) is 5.92 Å². The van der Waals surface area contributed by atoms with Crippen LogP contribution in [0.3, 0.4) is 0 Å². The van der Waals surface area contributed by atoms with E-state index in [9.17, 15) is 4.79 Å². The van der Waals surface area contributed by atoms with E-state index in [1.54, 1.807) is 6.07 Å². The Morgan fingerprint density at radius 2 is 2.00 bits per heavy atom. The second-order valence-corrected chi connectivity index (χ2v) is 3.68. The molecule has 0 unspecified atom stereocenters.